The second-order valence-electron chi connectivity index (χ2n) is 4.95. The van der Waals surface area contributed by atoms with Gasteiger partial charge in [-0.1, -0.05) is 37.6 Å². The predicted octanol–water partition coefficient (Wildman–Crippen LogP) is 2.11. The third-order valence-corrected chi connectivity index (χ3v) is 3.75. The molecule has 0 aromatic heterocycles. The zero-order valence-corrected chi connectivity index (χ0v) is 10.9. The minimum absolute atomic E-state index is 0.0885. The van der Waals surface area contributed by atoms with Gasteiger partial charge in [-0.2, -0.15) is 0 Å². The fraction of sp³-hybridized carbons (Fsp3) is 0.500. The summed E-state index contributed by atoms with van der Waals surface area (Å²) >= 11 is 0. The van der Waals surface area contributed by atoms with E-state index in [4.69, 9.17) is 5.73 Å². The summed E-state index contributed by atoms with van der Waals surface area (Å²) in [6, 6.07) is 8.84. The fourth-order valence-corrected chi connectivity index (χ4v) is 2.30. The van der Waals surface area contributed by atoms with Crippen LogP contribution in [0.4, 0.5) is 0 Å². The second-order valence-corrected chi connectivity index (χ2v) is 4.95. The first-order valence-corrected chi connectivity index (χ1v) is 6.21. The summed E-state index contributed by atoms with van der Waals surface area (Å²) in [5.74, 6) is 0.630. The Kier molecular flexibility index (Phi) is 3.09. The molecule has 1 unspecified atom stereocenters. The van der Waals surface area contributed by atoms with E-state index in [1.165, 1.54) is 17.5 Å². The van der Waals surface area contributed by atoms with Crippen molar-refractivity contribution in [3.63, 3.8) is 0 Å². The van der Waals surface area contributed by atoms with Crippen LogP contribution in [0.1, 0.15) is 31.4 Å². The zero-order valence-electron chi connectivity index (χ0n) is 10.9. The highest BCUT2D eigenvalue weighted by Crippen LogP contribution is 2.31. The highest BCUT2D eigenvalue weighted by Gasteiger charge is 2.36. The van der Waals surface area contributed by atoms with E-state index in [1.54, 1.807) is 0 Å². The van der Waals surface area contributed by atoms with Crippen LogP contribution in [0.5, 0.6) is 0 Å². The van der Waals surface area contributed by atoms with Crippen molar-refractivity contribution in [3.05, 3.63) is 35.4 Å². The first kappa shape index (κ1) is 12.0. The fourth-order valence-electron chi connectivity index (χ4n) is 2.30. The molecule has 1 atom stereocenters. The Morgan fingerprint density at radius 2 is 2.00 bits per heavy atom. The Morgan fingerprint density at radius 3 is 2.47 bits per heavy atom. The number of aliphatic imine (C=N–C) groups is 1. The number of aryl methyl sites for hydroxylation is 1. The molecule has 0 fully saturated rings. The molecular weight excluding hydrogens is 210 g/mol. The van der Waals surface area contributed by atoms with Crippen molar-refractivity contribution in [2.24, 2.45) is 10.7 Å². The lowest BCUT2D eigenvalue weighted by Crippen LogP contribution is -2.44. The van der Waals surface area contributed by atoms with Crippen LogP contribution in [0.2, 0.25) is 0 Å². The Balaban J connectivity index is 2.23. The van der Waals surface area contributed by atoms with Crippen molar-refractivity contribution in [3.8, 4) is 0 Å². The molecule has 2 N–H and O–H groups in total. The molecule has 0 bridgehead atoms. The van der Waals surface area contributed by atoms with Crippen LogP contribution in [-0.2, 0) is 12.0 Å². The minimum atomic E-state index is -0.0885. The number of rotatable bonds is 3. The van der Waals surface area contributed by atoms with Crippen molar-refractivity contribution in [2.45, 2.75) is 32.2 Å². The van der Waals surface area contributed by atoms with Crippen LogP contribution in [-0.4, -0.2) is 24.5 Å². The number of nitrogens with two attached hydrogens (primary N) is 1. The van der Waals surface area contributed by atoms with Crippen LogP contribution in [0.25, 0.3) is 0 Å². The largest absolute Gasteiger partial charge is 0.370 e. The molecule has 0 radical (unpaired) electrons. The summed E-state index contributed by atoms with van der Waals surface area (Å²) in [5.41, 5.74) is 8.44. The molecule has 1 aromatic rings. The van der Waals surface area contributed by atoms with Crippen molar-refractivity contribution in [1.82, 2.24) is 4.90 Å². The van der Waals surface area contributed by atoms with E-state index < -0.39 is 0 Å². The van der Waals surface area contributed by atoms with E-state index in [0.717, 1.165) is 13.0 Å². The number of guanidine groups is 1. The molecule has 3 heteroatoms. The van der Waals surface area contributed by atoms with Crippen LogP contribution >= 0.6 is 0 Å². The normalized spacial score (nSPS) is 23.9. The third-order valence-electron chi connectivity index (χ3n) is 3.75. The molecule has 0 saturated heterocycles. The van der Waals surface area contributed by atoms with Gasteiger partial charge in [-0.05, 0) is 24.5 Å². The number of hydrogen-bond acceptors (Lipinski definition) is 3. The molecule has 0 aliphatic carbocycles. The van der Waals surface area contributed by atoms with Gasteiger partial charge >= 0.3 is 0 Å². The Morgan fingerprint density at radius 1 is 1.35 bits per heavy atom. The molecule has 92 valence electrons. The van der Waals surface area contributed by atoms with Crippen LogP contribution in [0, 0.1) is 0 Å². The van der Waals surface area contributed by atoms with Gasteiger partial charge in [0.2, 0.25) is 0 Å². The average Bonchev–Trinajstić information content (AvgIpc) is 2.60. The molecule has 3 nitrogen and oxygen atoms in total. The lowest BCUT2D eigenvalue weighted by molar-refractivity contribution is 0.267. The first-order valence-electron chi connectivity index (χ1n) is 6.21. The van der Waals surface area contributed by atoms with Crippen molar-refractivity contribution in [1.29, 1.82) is 0 Å². The first-order chi connectivity index (χ1) is 8.08. The lowest BCUT2D eigenvalue weighted by Gasteiger charge is -2.33. The third kappa shape index (κ3) is 2.02. The van der Waals surface area contributed by atoms with Gasteiger partial charge in [0.1, 0.15) is 0 Å². The van der Waals surface area contributed by atoms with E-state index in [1.807, 2.05) is 7.05 Å². The van der Waals surface area contributed by atoms with E-state index in [9.17, 15) is 0 Å². The van der Waals surface area contributed by atoms with E-state index in [-0.39, 0.29) is 5.54 Å². The average molecular weight is 231 g/mol. The molecule has 0 spiro atoms. The van der Waals surface area contributed by atoms with Gasteiger partial charge in [-0.3, -0.25) is 4.99 Å². The minimum Gasteiger partial charge on any atom is -0.370 e. The summed E-state index contributed by atoms with van der Waals surface area (Å²) in [6.45, 7) is 5.13. The van der Waals surface area contributed by atoms with Crippen LogP contribution in [0.15, 0.2) is 29.3 Å². The van der Waals surface area contributed by atoms with Crippen LogP contribution < -0.4 is 5.73 Å². The summed E-state index contributed by atoms with van der Waals surface area (Å²) in [7, 11) is 2.01. The summed E-state index contributed by atoms with van der Waals surface area (Å²) in [4.78, 5) is 6.38. The molecule has 1 aromatic carbocycles. The predicted molar refractivity (Wildman–Crippen MR) is 72.0 cm³/mol. The highest BCUT2D eigenvalue weighted by molar-refractivity contribution is 5.80. The van der Waals surface area contributed by atoms with Gasteiger partial charge in [-0.15, -0.1) is 0 Å². The number of benzene rings is 1. The number of nitrogens with zero attached hydrogens (tertiary/aromatic N) is 2. The molecule has 0 saturated carbocycles. The van der Waals surface area contributed by atoms with Gasteiger partial charge in [0.05, 0.1) is 12.1 Å². The number of hydrogen-bond donors (Lipinski definition) is 1. The second kappa shape index (κ2) is 4.40. The monoisotopic (exact) mass is 231 g/mol. The number of likely N-dealkylation sites (N-methyl/N-ethyl adjacent to an activating group) is 1. The Bertz CT molecular complexity index is 422. The van der Waals surface area contributed by atoms with Gasteiger partial charge < -0.3 is 10.6 Å². The van der Waals surface area contributed by atoms with Crippen molar-refractivity contribution >= 4 is 5.96 Å². The van der Waals surface area contributed by atoms with E-state index in [0.29, 0.717) is 5.96 Å². The topological polar surface area (TPSA) is 41.6 Å². The van der Waals surface area contributed by atoms with Gasteiger partial charge in [-0.25, -0.2) is 0 Å². The smallest absolute Gasteiger partial charge is 0.191 e. The van der Waals surface area contributed by atoms with Gasteiger partial charge in [0, 0.05) is 7.05 Å². The molecule has 1 heterocycles. The van der Waals surface area contributed by atoms with Crippen molar-refractivity contribution < 1.29 is 0 Å². The van der Waals surface area contributed by atoms with Gasteiger partial charge in [0.15, 0.2) is 5.96 Å². The summed E-state index contributed by atoms with van der Waals surface area (Å²) in [5, 5.41) is 0. The van der Waals surface area contributed by atoms with E-state index in [2.05, 4.69) is 48.0 Å². The van der Waals surface area contributed by atoms with Crippen molar-refractivity contribution in [2.75, 3.05) is 13.6 Å². The maximum absolute atomic E-state index is 5.84. The Labute approximate surface area is 103 Å². The highest BCUT2D eigenvalue weighted by atomic mass is 15.3. The lowest BCUT2D eigenvalue weighted by atomic mass is 9.90. The standard InChI is InChI=1S/C14H21N3/c1-4-5-11-6-8-12(9-7-11)14(2)10-16-13(15)17(14)3/h6-9H,4-5,10H2,1-3H3,(H2,15,16). The summed E-state index contributed by atoms with van der Waals surface area (Å²) < 4.78 is 0. The van der Waals surface area contributed by atoms with E-state index >= 15 is 0 Å². The molecule has 1 aliphatic rings. The molecule has 2 rings (SSSR count). The SMILES string of the molecule is CCCc1ccc(C2(C)CN=C(N)N2C)cc1. The molecule has 0 amide bonds. The van der Waals surface area contributed by atoms with Gasteiger partial charge in [0.25, 0.3) is 0 Å². The molecule has 17 heavy (non-hydrogen) atoms. The maximum atomic E-state index is 5.84. The quantitative estimate of drug-likeness (QED) is 0.865. The Hall–Kier alpha value is -1.51. The maximum Gasteiger partial charge on any atom is 0.191 e. The summed E-state index contributed by atoms with van der Waals surface area (Å²) in [6.07, 6.45) is 2.33. The van der Waals surface area contributed by atoms with Crippen LogP contribution in [0.3, 0.4) is 0 Å². The molecular formula is C14H21N3. The molecule has 1 aliphatic heterocycles. The zero-order chi connectivity index (χ0) is 12.5.